The van der Waals surface area contributed by atoms with Crippen molar-refractivity contribution in [2.45, 2.75) is 32.7 Å². The average molecular weight is 230 g/mol. The van der Waals surface area contributed by atoms with E-state index in [2.05, 4.69) is 34.2 Å². The van der Waals surface area contributed by atoms with Crippen LogP contribution in [-0.2, 0) is 19.4 Å². The van der Waals surface area contributed by atoms with Crippen LogP contribution in [0.1, 0.15) is 36.1 Å². The molecular weight excluding hydrogens is 212 g/mol. The number of aryl methyl sites for hydroxylation is 1. The molecule has 0 unspecified atom stereocenters. The zero-order valence-electron chi connectivity index (χ0n) is 10.1. The molecule has 0 fully saturated rings. The normalized spacial score (nSPS) is 10.7. The minimum Gasteiger partial charge on any atom is -0.326 e. The molecule has 17 heavy (non-hydrogen) atoms. The molecule has 2 aromatic rings. The molecule has 0 aliphatic heterocycles. The van der Waals surface area contributed by atoms with Gasteiger partial charge in [0, 0.05) is 19.4 Å². The Balaban J connectivity index is 2.13. The highest BCUT2D eigenvalue weighted by Gasteiger charge is 2.06. The molecule has 0 bridgehead atoms. The summed E-state index contributed by atoms with van der Waals surface area (Å²) in [5, 5.41) is 7.18. The van der Waals surface area contributed by atoms with Crippen LogP contribution in [0, 0.1) is 0 Å². The van der Waals surface area contributed by atoms with E-state index >= 15 is 0 Å². The van der Waals surface area contributed by atoms with Crippen LogP contribution in [0.25, 0.3) is 0 Å². The van der Waals surface area contributed by atoms with Crippen LogP contribution < -0.4 is 5.73 Å². The van der Waals surface area contributed by atoms with Crippen LogP contribution in [0.15, 0.2) is 24.3 Å². The average Bonchev–Trinajstić information content (AvgIpc) is 2.78. The lowest BCUT2D eigenvalue weighted by Gasteiger charge is -2.04. The molecule has 1 aromatic carbocycles. The number of rotatable bonds is 5. The minimum absolute atomic E-state index is 0.562. The van der Waals surface area contributed by atoms with Gasteiger partial charge in [-0.1, -0.05) is 31.2 Å². The topological polar surface area (TPSA) is 67.6 Å². The van der Waals surface area contributed by atoms with Crippen molar-refractivity contribution in [2.75, 3.05) is 0 Å². The summed E-state index contributed by atoms with van der Waals surface area (Å²) in [5.41, 5.74) is 8.10. The van der Waals surface area contributed by atoms with Gasteiger partial charge < -0.3 is 5.73 Å². The maximum Gasteiger partial charge on any atom is 0.150 e. The number of aromatic amines is 1. The van der Waals surface area contributed by atoms with Gasteiger partial charge in [-0.3, -0.25) is 5.10 Å². The van der Waals surface area contributed by atoms with Crippen LogP contribution in [0.5, 0.6) is 0 Å². The van der Waals surface area contributed by atoms with Crippen molar-refractivity contribution in [3.8, 4) is 0 Å². The van der Waals surface area contributed by atoms with Gasteiger partial charge in [-0.25, -0.2) is 4.98 Å². The van der Waals surface area contributed by atoms with Gasteiger partial charge in [0.05, 0.1) is 0 Å². The molecule has 2 rings (SSSR count). The Hall–Kier alpha value is -1.68. The smallest absolute Gasteiger partial charge is 0.150 e. The van der Waals surface area contributed by atoms with E-state index in [1.165, 1.54) is 11.1 Å². The maximum atomic E-state index is 5.71. The highest BCUT2D eigenvalue weighted by Crippen LogP contribution is 2.11. The fourth-order valence-electron chi connectivity index (χ4n) is 1.86. The third kappa shape index (κ3) is 2.91. The summed E-state index contributed by atoms with van der Waals surface area (Å²) >= 11 is 0. The molecular formula is C13H18N4. The van der Waals surface area contributed by atoms with Gasteiger partial charge in [-0.15, -0.1) is 0 Å². The second kappa shape index (κ2) is 5.59. The van der Waals surface area contributed by atoms with Crippen molar-refractivity contribution >= 4 is 0 Å². The summed E-state index contributed by atoms with van der Waals surface area (Å²) in [6, 6.07) is 8.18. The monoisotopic (exact) mass is 230 g/mol. The van der Waals surface area contributed by atoms with Crippen LogP contribution in [-0.4, -0.2) is 15.2 Å². The third-order valence-corrected chi connectivity index (χ3v) is 2.75. The molecule has 0 spiro atoms. The standard InChI is InChI=1S/C13H18N4/c1-2-5-12-15-13(17-16-12)8-10-6-3-4-7-11(10)9-14/h3-4,6-7H,2,5,8-9,14H2,1H3,(H,15,16,17). The second-order valence-corrected chi connectivity index (χ2v) is 4.10. The van der Waals surface area contributed by atoms with Crippen LogP contribution in [0.4, 0.5) is 0 Å². The van der Waals surface area contributed by atoms with Gasteiger partial charge in [0.25, 0.3) is 0 Å². The summed E-state index contributed by atoms with van der Waals surface area (Å²) in [4.78, 5) is 4.46. The van der Waals surface area contributed by atoms with Crippen molar-refractivity contribution in [2.24, 2.45) is 5.73 Å². The van der Waals surface area contributed by atoms with E-state index in [9.17, 15) is 0 Å². The van der Waals surface area contributed by atoms with Crippen LogP contribution >= 0.6 is 0 Å². The fourth-order valence-corrected chi connectivity index (χ4v) is 1.86. The van der Waals surface area contributed by atoms with E-state index in [0.717, 1.165) is 30.9 Å². The molecule has 0 amide bonds. The van der Waals surface area contributed by atoms with Gasteiger partial charge in [0.1, 0.15) is 5.82 Å². The lowest BCUT2D eigenvalue weighted by atomic mass is 10.0. The number of benzene rings is 1. The molecule has 0 atom stereocenters. The largest absolute Gasteiger partial charge is 0.326 e. The van der Waals surface area contributed by atoms with Crippen molar-refractivity contribution in [1.82, 2.24) is 15.2 Å². The maximum absolute atomic E-state index is 5.71. The van der Waals surface area contributed by atoms with Gasteiger partial charge in [0.2, 0.25) is 0 Å². The number of nitrogens with one attached hydrogen (secondary N) is 1. The molecule has 0 aliphatic carbocycles. The number of H-pyrrole nitrogens is 1. The number of nitrogens with zero attached hydrogens (tertiary/aromatic N) is 2. The molecule has 0 saturated heterocycles. The van der Waals surface area contributed by atoms with E-state index in [4.69, 9.17) is 5.73 Å². The van der Waals surface area contributed by atoms with Gasteiger partial charge in [-0.2, -0.15) is 5.10 Å². The van der Waals surface area contributed by atoms with E-state index in [1.54, 1.807) is 0 Å². The first-order chi connectivity index (χ1) is 8.33. The molecule has 0 saturated carbocycles. The highest BCUT2D eigenvalue weighted by atomic mass is 15.2. The zero-order valence-corrected chi connectivity index (χ0v) is 10.1. The molecule has 1 heterocycles. The van der Waals surface area contributed by atoms with Crippen molar-refractivity contribution in [1.29, 1.82) is 0 Å². The SMILES string of the molecule is CCCc1n[nH]c(Cc2ccccc2CN)n1. The summed E-state index contributed by atoms with van der Waals surface area (Å²) < 4.78 is 0. The Morgan fingerprint density at radius 1 is 1.24 bits per heavy atom. The zero-order chi connectivity index (χ0) is 12.1. The first-order valence-electron chi connectivity index (χ1n) is 6.00. The second-order valence-electron chi connectivity index (χ2n) is 4.10. The predicted molar refractivity (Wildman–Crippen MR) is 67.5 cm³/mol. The number of hydrogen-bond acceptors (Lipinski definition) is 3. The predicted octanol–water partition coefficient (Wildman–Crippen LogP) is 1.81. The molecule has 4 nitrogen and oxygen atoms in total. The molecule has 3 N–H and O–H groups in total. The van der Waals surface area contributed by atoms with Crippen LogP contribution in [0.2, 0.25) is 0 Å². The molecule has 4 heteroatoms. The fraction of sp³-hybridized carbons (Fsp3) is 0.385. The van der Waals surface area contributed by atoms with Gasteiger partial charge >= 0.3 is 0 Å². The summed E-state index contributed by atoms with van der Waals surface area (Å²) in [7, 11) is 0. The van der Waals surface area contributed by atoms with E-state index in [0.29, 0.717) is 6.54 Å². The Labute approximate surface area is 101 Å². The Kier molecular flexibility index (Phi) is 3.88. The number of hydrogen-bond donors (Lipinski definition) is 2. The molecule has 90 valence electrons. The number of aromatic nitrogens is 3. The lowest BCUT2D eigenvalue weighted by molar-refractivity contribution is 0.841. The Morgan fingerprint density at radius 3 is 2.71 bits per heavy atom. The Morgan fingerprint density at radius 2 is 2.00 bits per heavy atom. The minimum atomic E-state index is 0.562. The van der Waals surface area contributed by atoms with Gasteiger partial charge in [-0.05, 0) is 17.5 Å². The third-order valence-electron chi connectivity index (χ3n) is 2.75. The van der Waals surface area contributed by atoms with Crippen molar-refractivity contribution < 1.29 is 0 Å². The summed E-state index contributed by atoms with van der Waals surface area (Å²) in [6.45, 7) is 2.69. The molecule has 0 radical (unpaired) electrons. The van der Waals surface area contributed by atoms with E-state index in [-0.39, 0.29) is 0 Å². The van der Waals surface area contributed by atoms with Crippen molar-refractivity contribution in [3.05, 3.63) is 47.0 Å². The molecule has 1 aromatic heterocycles. The van der Waals surface area contributed by atoms with Crippen molar-refractivity contribution in [3.63, 3.8) is 0 Å². The highest BCUT2D eigenvalue weighted by molar-refractivity contribution is 5.29. The molecule has 0 aliphatic rings. The first kappa shape index (κ1) is 11.8. The van der Waals surface area contributed by atoms with Crippen LogP contribution in [0.3, 0.4) is 0 Å². The first-order valence-corrected chi connectivity index (χ1v) is 6.00. The Bertz CT molecular complexity index is 476. The lowest BCUT2D eigenvalue weighted by Crippen LogP contribution is -2.02. The quantitative estimate of drug-likeness (QED) is 0.823. The van der Waals surface area contributed by atoms with E-state index < -0.39 is 0 Å². The summed E-state index contributed by atoms with van der Waals surface area (Å²) in [6.07, 6.45) is 2.76. The van der Waals surface area contributed by atoms with Gasteiger partial charge in [0.15, 0.2) is 5.82 Å². The van der Waals surface area contributed by atoms with E-state index in [1.807, 2.05) is 12.1 Å². The summed E-state index contributed by atoms with van der Waals surface area (Å²) in [5.74, 6) is 1.81. The number of nitrogens with two attached hydrogens (primary N) is 1.